The van der Waals surface area contributed by atoms with E-state index in [1.165, 1.54) is 25.1 Å². The first-order chi connectivity index (χ1) is 12.1. The highest BCUT2D eigenvalue weighted by molar-refractivity contribution is 7.92. The summed E-state index contributed by atoms with van der Waals surface area (Å²) in [6, 6.07) is 6.33. The number of nitrogens with zero attached hydrogens (tertiary/aromatic N) is 1. The summed E-state index contributed by atoms with van der Waals surface area (Å²) in [6.07, 6.45) is 0.837. The average molecular weight is 386 g/mol. The number of sulfonamides is 1. The van der Waals surface area contributed by atoms with E-state index in [4.69, 9.17) is 0 Å². The van der Waals surface area contributed by atoms with Crippen molar-refractivity contribution in [3.8, 4) is 0 Å². The van der Waals surface area contributed by atoms with Crippen LogP contribution in [0.2, 0.25) is 0 Å². The van der Waals surface area contributed by atoms with Gasteiger partial charge in [-0.2, -0.15) is 0 Å². The number of carbonyl (C=O) groups is 1. The molecule has 2 aromatic rings. The van der Waals surface area contributed by atoms with Crippen LogP contribution in [-0.2, 0) is 14.8 Å². The summed E-state index contributed by atoms with van der Waals surface area (Å²) in [4.78, 5) is 12.6. The maximum absolute atomic E-state index is 14.1. The lowest BCUT2D eigenvalue weighted by Crippen LogP contribution is -2.47. The predicted octanol–water partition coefficient (Wildman–Crippen LogP) is 3.29. The van der Waals surface area contributed by atoms with Gasteiger partial charge in [0.2, 0.25) is 15.9 Å². The fraction of sp³-hybridized carbons (Fsp3) is 0.235. The lowest BCUT2D eigenvalue weighted by molar-refractivity contribution is -0.117. The molecule has 9 heteroatoms. The topological polar surface area (TPSA) is 66.5 Å². The molecule has 1 amide bonds. The van der Waals surface area contributed by atoms with E-state index in [1.807, 2.05) is 0 Å². The Labute approximate surface area is 149 Å². The summed E-state index contributed by atoms with van der Waals surface area (Å²) < 4.78 is 65.9. The molecule has 0 aromatic heterocycles. The van der Waals surface area contributed by atoms with Crippen LogP contribution in [0.1, 0.15) is 13.3 Å². The Morgan fingerprint density at radius 2 is 1.77 bits per heavy atom. The molecule has 0 saturated carbocycles. The molecule has 0 aliphatic carbocycles. The minimum absolute atomic E-state index is 0.00392. The fourth-order valence-electron chi connectivity index (χ4n) is 2.47. The van der Waals surface area contributed by atoms with Crippen molar-refractivity contribution in [2.24, 2.45) is 0 Å². The summed E-state index contributed by atoms with van der Waals surface area (Å²) in [5, 5.41) is 2.22. The second-order valence-electron chi connectivity index (χ2n) is 5.55. The SMILES string of the molecule is CCC(C(=O)Nc1ccc(F)cc1F)N(c1ccccc1F)S(C)(=O)=O. The van der Waals surface area contributed by atoms with Crippen molar-refractivity contribution < 1.29 is 26.4 Å². The highest BCUT2D eigenvalue weighted by Crippen LogP contribution is 2.26. The van der Waals surface area contributed by atoms with Gasteiger partial charge in [0.05, 0.1) is 17.6 Å². The number of benzene rings is 2. The van der Waals surface area contributed by atoms with Gasteiger partial charge in [0.15, 0.2) is 0 Å². The molecular formula is C17H17F3N2O3S. The number of carbonyl (C=O) groups excluding carboxylic acids is 1. The zero-order valence-corrected chi connectivity index (χ0v) is 14.9. The molecule has 5 nitrogen and oxygen atoms in total. The highest BCUT2D eigenvalue weighted by Gasteiger charge is 2.33. The van der Waals surface area contributed by atoms with Crippen LogP contribution in [0.5, 0.6) is 0 Å². The Balaban J connectivity index is 2.42. The van der Waals surface area contributed by atoms with E-state index in [-0.39, 0.29) is 17.8 Å². The second kappa shape index (κ2) is 7.77. The Bertz CT molecular complexity index is 919. The number of rotatable bonds is 6. The lowest BCUT2D eigenvalue weighted by Gasteiger charge is -2.30. The fourth-order valence-corrected chi connectivity index (χ4v) is 3.69. The summed E-state index contributed by atoms with van der Waals surface area (Å²) in [5.41, 5.74) is -0.603. The molecule has 2 aromatic carbocycles. The number of nitrogens with one attached hydrogen (secondary N) is 1. The molecule has 140 valence electrons. The van der Waals surface area contributed by atoms with Gasteiger partial charge in [-0.1, -0.05) is 19.1 Å². The first-order valence-corrected chi connectivity index (χ1v) is 9.49. The van der Waals surface area contributed by atoms with Crippen molar-refractivity contribution in [2.75, 3.05) is 15.9 Å². The number of hydrogen-bond acceptors (Lipinski definition) is 3. The third-order valence-electron chi connectivity index (χ3n) is 3.61. The van der Waals surface area contributed by atoms with Gasteiger partial charge in [0.1, 0.15) is 23.5 Å². The van der Waals surface area contributed by atoms with E-state index in [1.54, 1.807) is 0 Å². The Morgan fingerprint density at radius 1 is 1.12 bits per heavy atom. The molecule has 0 heterocycles. The van der Waals surface area contributed by atoms with Crippen molar-refractivity contribution >= 4 is 27.3 Å². The van der Waals surface area contributed by atoms with Crippen molar-refractivity contribution in [1.82, 2.24) is 0 Å². The minimum atomic E-state index is -4.03. The lowest BCUT2D eigenvalue weighted by atomic mass is 10.1. The molecule has 0 aliphatic heterocycles. The van der Waals surface area contributed by atoms with Gasteiger partial charge in [-0.25, -0.2) is 21.6 Å². The Kier molecular flexibility index (Phi) is 5.91. The van der Waals surface area contributed by atoms with E-state index in [2.05, 4.69) is 5.32 Å². The van der Waals surface area contributed by atoms with Crippen molar-refractivity contribution in [1.29, 1.82) is 0 Å². The summed E-state index contributed by atoms with van der Waals surface area (Å²) in [6.45, 7) is 1.53. The van der Waals surface area contributed by atoms with E-state index in [9.17, 15) is 26.4 Å². The van der Waals surface area contributed by atoms with E-state index < -0.39 is 39.4 Å². The highest BCUT2D eigenvalue weighted by atomic mass is 32.2. The van der Waals surface area contributed by atoms with E-state index in [0.29, 0.717) is 10.4 Å². The summed E-state index contributed by atoms with van der Waals surface area (Å²) in [5.74, 6) is -3.52. The Hall–Kier alpha value is -2.55. The molecule has 0 saturated heterocycles. The molecule has 2 rings (SSSR count). The zero-order valence-electron chi connectivity index (χ0n) is 14.0. The van der Waals surface area contributed by atoms with Gasteiger partial charge in [-0.05, 0) is 30.7 Å². The van der Waals surface area contributed by atoms with Gasteiger partial charge in [-0.3, -0.25) is 9.10 Å². The van der Waals surface area contributed by atoms with Gasteiger partial charge in [0.25, 0.3) is 0 Å². The zero-order chi connectivity index (χ0) is 19.5. The number of halogens is 3. The van der Waals surface area contributed by atoms with Gasteiger partial charge < -0.3 is 5.32 Å². The maximum Gasteiger partial charge on any atom is 0.248 e. The number of amides is 1. The second-order valence-corrected chi connectivity index (χ2v) is 7.41. The molecular weight excluding hydrogens is 369 g/mol. The number of anilines is 2. The first-order valence-electron chi connectivity index (χ1n) is 7.65. The smallest absolute Gasteiger partial charge is 0.248 e. The van der Waals surface area contributed by atoms with Crippen molar-refractivity contribution in [3.05, 3.63) is 59.9 Å². The van der Waals surface area contributed by atoms with Crippen LogP contribution >= 0.6 is 0 Å². The van der Waals surface area contributed by atoms with Crippen molar-refractivity contribution in [3.63, 3.8) is 0 Å². The number of hydrogen-bond donors (Lipinski definition) is 1. The molecule has 0 fully saturated rings. The van der Waals surface area contributed by atoms with E-state index >= 15 is 0 Å². The van der Waals surface area contributed by atoms with Crippen LogP contribution in [0, 0.1) is 17.5 Å². The molecule has 1 unspecified atom stereocenters. The normalized spacial score (nSPS) is 12.5. The van der Waals surface area contributed by atoms with Gasteiger partial charge in [0, 0.05) is 6.07 Å². The first kappa shape index (κ1) is 19.8. The van der Waals surface area contributed by atoms with Crippen LogP contribution in [0.3, 0.4) is 0 Å². The predicted molar refractivity (Wildman–Crippen MR) is 92.8 cm³/mol. The molecule has 0 spiro atoms. The maximum atomic E-state index is 14.1. The molecule has 0 aliphatic rings. The van der Waals surface area contributed by atoms with Crippen molar-refractivity contribution in [2.45, 2.75) is 19.4 Å². The standard InChI is InChI=1S/C17H17F3N2O3S/c1-3-15(17(23)21-14-9-8-11(18)10-13(14)20)22(26(2,24)25)16-7-5-4-6-12(16)19/h4-10,15H,3H2,1-2H3,(H,21,23). The molecule has 1 N–H and O–H groups in total. The van der Waals surface area contributed by atoms with Crippen LogP contribution < -0.4 is 9.62 Å². The molecule has 26 heavy (non-hydrogen) atoms. The van der Waals surface area contributed by atoms with Crippen LogP contribution in [0.15, 0.2) is 42.5 Å². The average Bonchev–Trinajstić information content (AvgIpc) is 2.55. The molecule has 1 atom stereocenters. The van der Waals surface area contributed by atoms with Crippen LogP contribution in [0.25, 0.3) is 0 Å². The van der Waals surface area contributed by atoms with E-state index in [0.717, 1.165) is 24.5 Å². The summed E-state index contributed by atoms with van der Waals surface area (Å²) in [7, 11) is -4.03. The third-order valence-corrected chi connectivity index (χ3v) is 4.77. The molecule has 0 bridgehead atoms. The monoisotopic (exact) mass is 386 g/mol. The minimum Gasteiger partial charge on any atom is -0.322 e. The van der Waals surface area contributed by atoms with Crippen LogP contribution in [0.4, 0.5) is 24.5 Å². The molecule has 0 radical (unpaired) electrons. The number of para-hydroxylation sites is 1. The van der Waals surface area contributed by atoms with Crippen LogP contribution in [-0.4, -0.2) is 26.6 Å². The third kappa shape index (κ3) is 4.34. The Morgan fingerprint density at radius 3 is 2.31 bits per heavy atom. The largest absolute Gasteiger partial charge is 0.322 e. The summed E-state index contributed by atoms with van der Waals surface area (Å²) >= 11 is 0. The van der Waals surface area contributed by atoms with Gasteiger partial charge >= 0.3 is 0 Å². The van der Waals surface area contributed by atoms with Gasteiger partial charge in [-0.15, -0.1) is 0 Å². The quantitative estimate of drug-likeness (QED) is 0.829.